The first-order valence-corrected chi connectivity index (χ1v) is 16.4. The van der Waals surface area contributed by atoms with E-state index in [-0.39, 0.29) is 31.5 Å². The summed E-state index contributed by atoms with van der Waals surface area (Å²) in [4.78, 5) is 65.2. The minimum Gasteiger partial charge on any atom is -0.444 e. The Hall–Kier alpha value is -4.77. The molecule has 0 bridgehead atoms. The molecular formula is C35H40F8N4O6. The number of ether oxygens (including phenoxy) is 1. The summed E-state index contributed by atoms with van der Waals surface area (Å²) in [6, 6.07) is 2.96. The first kappa shape index (κ1) is 42.6. The lowest BCUT2D eigenvalue weighted by atomic mass is 9.98. The normalized spacial score (nSPS) is 16.5. The number of carbonyl (C=O) groups is 5. The predicted octanol–water partition coefficient (Wildman–Crippen LogP) is 5.81. The molecule has 3 atom stereocenters. The van der Waals surface area contributed by atoms with Crippen LogP contribution in [0.5, 0.6) is 0 Å². The number of hydrogen-bond donors (Lipinski definition) is 3. The first-order valence-electron chi connectivity index (χ1n) is 16.4. The third-order valence-electron chi connectivity index (χ3n) is 8.12. The van der Waals surface area contributed by atoms with Gasteiger partial charge >= 0.3 is 24.4 Å². The van der Waals surface area contributed by atoms with Gasteiger partial charge in [0.1, 0.15) is 17.7 Å². The molecule has 0 saturated carbocycles. The third kappa shape index (κ3) is 11.4. The molecule has 1 fully saturated rings. The van der Waals surface area contributed by atoms with E-state index in [0.29, 0.717) is 17.7 Å². The van der Waals surface area contributed by atoms with Crippen molar-refractivity contribution in [2.45, 2.75) is 102 Å². The number of halogens is 8. The standard InChI is InChI=1S/C35H40F8N4O6/c1-19(2)26(27(48)35(41,42)43)46-28(49)25-11-8-16-47(25)29(50)24(17-20-12-14-21(15-13-20)18-44-31(52)53-32(3,4)5)45-30(51)33(36,37)22-9-6-7-10-23(22)34(38,39)40/h6-7,9-10,12-15,19,24-26H,8,11,16-18H2,1-5H3,(H,44,52)(H,45,51)(H,46,49)/t24-,25?,26?/m0/s1. The smallest absolute Gasteiger partial charge is 0.444 e. The monoisotopic (exact) mass is 764 g/mol. The maximum Gasteiger partial charge on any atom is 0.452 e. The zero-order valence-electron chi connectivity index (χ0n) is 29.4. The molecule has 0 spiro atoms. The quantitative estimate of drug-likeness (QED) is 0.234. The molecule has 3 rings (SSSR count). The van der Waals surface area contributed by atoms with Gasteiger partial charge in [-0.25, -0.2) is 4.79 Å². The van der Waals surface area contributed by atoms with Gasteiger partial charge in [0.15, 0.2) is 0 Å². The van der Waals surface area contributed by atoms with Crippen LogP contribution in [0.3, 0.4) is 0 Å². The van der Waals surface area contributed by atoms with E-state index in [1.165, 1.54) is 38.1 Å². The van der Waals surface area contributed by atoms with Gasteiger partial charge in [-0.2, -0.15) is 35.1 Å². The van der Waals surface area contributed by atoms with Crippen LogP contribution in [-0.2, 0) is 49.0 Å². The summed E-state index contributed by atoms with van der Waals surface area (Å²) >= 11 is 0. The summed E-state index contributed by atoms with van der Waals surface area (Å²) in [5, 5.41) is 6.40. The van der Waals surface area contributed by atoms with Crippen molar-refractivity contribution in [3.05, 3.63) is 70.8 Å². The topological polar surface area (TPSA) is 134 Å². The van der Waals surface area contributed by atoms with Gasteiger partial charge in [0.2, 0.25) is 11.8 Å². The largest absolute Gasteiger partial charge is 0.452 e. The van der Waals surface area contributed by atoms with E-state index in [1.54, 1.807) is 20.8 Å². The maximum atomic E-state index is 15.5. The number of carbonyl (C=O) groups excluding carboxylic acids is 5. The van der Waals surface area contributed by atoms with Crippen LogP contribution < -0.4 is 16.0 Å². The molecule has 2 aromatic rings. The molecular weight excluding hydrogens is 724 g/mol. The Morgan fingerprint density at radius 3 is 1.92 bits per heavy atom. The molecule has 10 nitrogen and oxygen atoms in total. The molecule has 3 N–H and O–H groups in total. The number of alkyl halides is 8. The van der Waals surface area contributed by atoms with Gasteiger partial charge < -0.3 is 25.6 Å². The van der Waals surface area contributed by atoms with Crippen molar-refractivity contribution < 1.29 is 63.8 Å². The van der Waals surface area contributed by atoms with Gasteiger partial charge in [-0.05, 0) is 56.7 Å². The molecule has 2 aromatic carbocycles. The molecule has 1 aliphatic heterocycles. The number of benzene rings is 2. The second kappa shape index (κ2) is 16.5. The van der Waals surface area contributed by atoms with Crippen molar-refractivity contribution in [2.75, 3.05) is 6.54 Å². The van der Waals surface area contributed by atoms with Gasteiger partial charge in [0, 0.05) is 25.1 Å². The number of rotatable bonds is 12. The molecule has 1 heterocycles. The van der Waals surface area contributed by atoms with Crippen molar-refractivity contribution in [1.82, 2.24) is 20.9 Å². The van der Waals surface area contributed by atoms with Crippen LogP contribution in [-0.4, -0.2) is 70.9 Å². The number of amides is 4. The number of ketones is 1. The Kier molecular flexibility index (Phi) is 13.3. The van der Waals surface area contributed by atoms with E-state index in [4.69, 9.17) is 4.74 Å². The SMILES string of the molecule is CC(C)C(NC(=O)C1CCCN1C(=O)[C@H](Cc1ccc(CNC(=O)OC(C)(C)C)cc1)NC(=O)C(F)(F)c1ccccc1C(F)(F)F)C(=O)C(F)(F)F. The average molecular weight is 765 g/mol. The summed E-state index contributed by atoms with van der Waals surface area (Å²) in [6.07, 6.45) is -11.8. The van der Waals surface area contributed by atoms with Crippen LogP contribution in [0.15, 0.2) is 48.5 Å². The Labute approximate surface area is 300 Å². The fourth-order valence-corrected chi connectivity index (χ4v) is 5.56. The highest BCUT2D eigenvalue weighted by molar-refractivity contribution is 5.97. The number of hydrogen-bond acceptors (Lipinski definition) is 6. The van der Waals surface area contributed by atoms with Crippen LogP contribution in [0.2, 0.25) is 0 Å². The Morgan fingerprint density at radius 1 is 0.830 bits per heavy atom. The van der Waals surface area contributed by atoms with E-state index < -0.39 is 95.1 Å². The van der Waals surface area contributed by atoms with Crippen molar-refractivity contribution in [2.24, 2.45) is 5.92 Å². The highest BCUT2D eigenvalue weighted by atomic mass is 19.4. The van der Waals surface area contributed by atoms with E-state index in [9.17, 15) is 50.3 Å². The number of alkyl carbamates (subject to hydrolysis) is 1. The number of nitrogens with zero attached hydrogens (tertiary/aromatic N) is 1. The lowest BCUT2D eigenvalue weighted by molar-refractivity contribution is -0.175. The summed E-state index contributed by atoms with van der Waals surface area (Å²) < 4.78 is 117. The second-order valence-corrected chi connectivity index (χ2v) is 13.8. The van der Waals surface area contributed by atoms with Crippen LogP contribution >= 0.6 is 0 Å². The van der Waals surface area contributed by atoms with Crippen LogP contribution in [0.1, 0.15) is 69.7 Å². The Bertz CT molecular complexity index is 1660. The molecule has 2 unspecified atom stereocenters. The Balaban J connectivity index is 1.92. The molecule has 292 valence electrons. The van der Waals surface area contributed by atoms with E-state index >= 15 is 8.78 Å². The summed E-state index contributed by atoms with van der Waals surface area (Å²) in [6.45, 7) is 7.30. The van der Waals surface area contributed by atoms with Crippen LogP contribution in [0.4, 0.5) is 39.9 Å². The molecule has 4 amide bonds. The average Bonchev–Trinajstić information content (AvgIpc) is 3.54. The molecule has 0 radical (unpaired) electrons. The van der Waals surface area contributed by atoms with Crippen LogP contribution in [0.25, 0.3) is 0 Å². The van der Waals surface area contributed by atoms with E-state index in [2.05, 4.69) is 5.32 Å². The number of Topliss-reactive ketones (excluding diaryl/α,β-unsaturated/α-hetero) is 1. The van der Waals surface area contributed by atoms with Crippen LogP contribution in [0, 0.1) is 5.92 Å². The zero-order chi connectivity index (χ0) is 40.1. The summed E-state index contributed by atoms with van der Waals surface area (Å²) in [5.74, 6) is -12.6. The molecule has 18 heteroatoms. The number of nitrogens with one attached hydrogen (secondary N) is 3. The van der Waals surface area contributed by atoms with Gasteiger partial charge in [0.25, 0.3) is 11.7 Å². The van der Waals surface area contributed by atoms with Gasteiger partial charge in [-0.15, -0.1) is 0 Å². The van der Waals surface area contributed by atoms with Crippen molar-refractivity contribution in [1.29, 1.82) is 0 Å². The van der Waals surface area contributed by atoms with Crippen molar-refractivity contribution in [3.63, 3.8) is 0 Å². The first-order chi connectivity index (χ1) is 24.3. The molecule has 1 aliphatic rings. The zero-order valence-corrected chi connectivity index (χ0v) is 29.4. The molecule has 1 saturated heterocycles. The lowest BCUT2D eigenvalue weighted by Crippen LogP contribution is -2.58. The van der Waals surface area contributed by atoms with E-state index in [1.807, 2.05) is 10.6 Å². The highest BCUT2D eigenvalue weighted by Crippen LogP contribution is 2.39. The maximum absolute atomic E-state index is 15.5. The van der Waals surface area contributed by atoms with Gasteiger partial charge in [0.05, 0.1) is 11.6 Å². The fourth-order valence-electron chi connectivity index (χ4n) is 5.56. The summed E-state index contributed by atoms with van der Waals surface area (Å²) in [5.41, 5.74) is -3.45. The highest BCUT2D eigenvalue weighted by Gasteiger charge is 2.50. The molecule has 0 aliphatic carbocycles. The fraction of sp³-hybridized carbons (Fsp3) is 0.514. The van der Waals surface area contributed by atoms with Gasteiger partial charge in [-0.3, -0.25) is 19.2 Å². The molecule has 0 aromatic heterocycles. The lowest BCUT2D eigenvalue weighted by Gasteiger charge is -2.31. The minimum atomic E-state index is -5.29. The van der Waals surface area contributed by atoms with Gasteiger partial charge in [-0.1, -0.05) is 56.3 Å². The predicted molar refractivity (Wildman–Crippen MR) is 173 cm³/mol. The third-order valence-corrected chi connectivity index (χ3v) is 8.12. The summed E-state index contributed by atoms with van der Waals surface area (Å²) in [7, 11) is 0. The van der Waals surface area contributed by atoms with Crippen molar-refractivity contribution >= 4 is 29.6 Å². The number of likely N-dealkylation sites (tertiary alicyclic amines) is 1. The van der Waals surface area contributed by atoms with Crippen molar-refractivity contribution in [3.8, 4) is 0 Å². The minimum absolute atomic E-state index is 0.00208. The van der Waals surface area contributed by atoms with E-state index in [0.717, 1.165) is 17.0 Å². The molecule has 53 heavy (non-hydrogen) atoms. The second-order valence-electron chi connectivity index (χ2n) is 13.8. The Morgan fingerprint density at radius 2 is 1.40 bits per heavy atom.